The Morgan fingerprint density at radius 3 is 1.82 bits per heavy atom. The lowest BCUT2D eigenvalue weighted by molar-refractivity contribution is 0.175. The molecule has 0 bridgehead atoms. The Labute approximate surface area is 99.2 Å². The van der Waals surface area contributed by atoms with Gasteiger partial charge in [0.1, 0.15) is 6.61 Å². The van der Waals surface area contributed by atoms with Crippen molar-refractivity contribution in [3.63, 3.8) is 0 Å². The van der Waals surface area contributed by atoms with E-state index in [4.69, 9.17) is 10.3 Å². The highest BCUT2D eigenvalue weighted by Crippen LogP contribution is 2.23. The van der Waals surface area contributed by atoms with Gasteiger partial charge in [-0.3, -0.25) is 0 Å². The van der Waals surface area contributed by atoms with Gasteiger partial charge >= 0.3 is 0 Å². The molecule has 4 N–H and O–H groups in total. The molecule has 0 amide bonds. The molecule has 0 unspecified atom stereocenters. The zero-order valence-corrected chi connectivity index (χ0v) is 10.5. The van der Waals surface area contributed by atoms with Crippen molar-refractivity contribution in [2.45, 2.75) is 23.3 Å². The Morgan fingerprint density at radius 2 is 1.47 bits per heavy atom. The van der Waals surface area contributed by atoms with Crippen molar-refractivity contribution in [2.75, 3.05) is 0 Å². The van der Waals surface area contributed by atoms with Crippen LogP contribution in [0.5, 0.6) is 0 Å². The van der Waals surface area contributed by atoms with Crippen LogP contribution in [0, 0.1) is 6.92 Å². The van der Waals surface area contributed by atoms with Gasteiger partial charge in [-0.05, 0) is 18.6 Å². The monoisotopic (exact) mass is 279 g/mol. The summed E-state index contributed by atoms with van der Waals surface area (Å²) < 4.78 is 44.8. The maximum atomic E-state index is 11.2. The van der Waals surface area contributed by atoms with Crippen molar-refractivity contribution < 1.29 is 21.9 Å². The van der Waals surface area contributed by atoms with Gasteiger partial charge in [0, 0.05) is 5.56 Å². The molecule has 17 heavy (non-hydrogen) atoms. The van der Waals surface area contributed by atoms with Crippen LogP contribution in [0.4, 0.5) is 0 Å². The number of benzene rings is 1. The Bertz CT molecular complexity index is 649. The molecule has 0 aliphatic heterocycles. The third-order valence-electron chi connectivity index (χ3n) is 2.13. The minimum Gasteiger partial charge on any atom is -0.232 e. The third kappa shape index (κ3) is 3.01. The molecule has 9 heteroatoms. The minimum absolute atomic E-state index is 0.0857. The first kappa shape index (κ1) is 14.1. The molecule has 0 aliphatic carbocycles. The molecule has 0 saturated carbocycles. The Hall–Kier alpha value is -1.00. The topological polar surface area (TPSA) is 140 Å². The van der Waals surface area contributed by atoms with Gasteiger partial charge in [-0.15, -0.1) is 0 Å². The van der Waals surface area contributed by atoms with E-state index in [0.717, 1.165) is 12.1 Å². The van der Waals surface area contributed by atoms with E-state index in [2.05, 4.69) is 0 Å². The van der Waals surface area contributed by atoms with Crippen molar-refractivity contribution in [2.24, 2.45) is 10.3 Å². The molecule has 0 saturated heterocycles. The molecular formula is C8H11N2O5S2. The fourth-order valence-corrected chi connectivity index (χ4v) is 3.04. The van der Waals surface area contributed by atoms with Gasteiger partial charge in [0.05, 0.1) is 9.79 Å². The van der Waals surface area contributed by atoms with Gasteiger partial charge in [-0.25, -0.2) is 32.2 Å². The smallest absolute Gasteiger partial charge is 0.232 e. The van der Waals surface area contributed by atoms with Crippen molar-refractivity contribution >= 4 is 20.0 Å². The molecule has 7 nitrogen and oxygen atoms in total. The number of primary sulfonamides is 2. The van der Waals surface area contributed by atoms with Crippen molar-refractivity contribution in [3.05, 3.63) is 23.3 Å². The first-order chi connectivity index (χ1) is 7.57. The lowest BCUT2D eigenvalue weighted by atomic mass is 10.1. The molecular weight excluding hydrogens is 268 g/mol. The molecule has 0 aliphatic rings. The fourth-order valence-electron chi connectivity index (χ4n) is 1.41. The number of aryl methyl sites for hydroxylation is 1. The summed E-state index contributed by atoms with van der Waals surface area (Å²) in [4.78, 5) is -0.874. The summed E-state index contributed by atoms with van der Waals surface area (Å²) in [6.45, 7) is 0.587. The van der Waals surface area contributed by atoms with Crippen LogP contribution in [0.1, 0.15) is 11.1 Å². The van der Waals surface area contributed by atoms with Gasteiger partial charge in [0.2, 0.25) is 20.0 Å². The predicted octanol–water partition coefficient (Wildman–Crippen LogP) is -0.780. The zero-order chi connectivity index (χ0) is 13.4. The van der Waals surface area contributed by atoms with E-state index in [-0.39, 0.29) is 16.0 Å². The van der Waals surface area contributed by atoms with Gasteiger partial charge < -0.3 is 0 Å². The first-order valence-corrected chi connectivity index (χ1v) is 7.44. The summed E-state index contributed by atoms with van der Waals surface area (Å²) >= 11 is 0. The molecule has 0 fully saturated rings. The standard InChI is InChI=1S/C8H11N2O5S2/c1-5-2-6(4-11)8(17(10,14)15)3-7(5)16(9,12)13/h2-3H,4H2,1H3,(H2,9,12,13)(H2,10,14,15). The molecule has 1 aromatic carbocycles. The summed E-state index contributed by atoms with van der Waals surface area (Å²) in [6, 6.07) is 1.97. The average Bonchev–Trinajstić information content (AvgIpc) is 2.13. The Kier molecular flexibility index (Phi) is 3.60. The van der Waals surface area contributed by atoms with Crippen LogP contribution in [0.15, 0.2) is 21.9 Å². The van der Waals surface area contributed by atoms with Crippen molar-refractivity contribution in [3.8, 4) is 0 Å². The van der Waals surface area contributed by atoms with E-state index in [1.165, 1.54) is 6.92 Å². The average molecular weight is 279 g/mol. The van der Waals surface area contributed by atoms with Crippen LogP contribution >= 0.6 is 0 Å². The lowest BCUT2D eigenvalue weighted by Crippen LogP contribution is -2.19. The highest BCUT2D eigenvalue weighted by Gasteiger charge is 2.20. The summed E-state index contributed by atoms with van der Waals surface area (Å²) in [5.41, 5.74) is 0.114. The summed E-state index contributed by atoms with van der Waals surface area (Å²) in [5.74, 6) is 0. The van der Waals surface area contributed by atoms with E-state index < -0.39 is 31.5 Å². The van der Waals surface area contributed by atoms with E-state index in [1.807, 2.05) is 0 Å². The van der Waals surface area contributed by atoms with Gasteiger partial charge in [-0.2, -0.15) is 0 Å². The van der Waals surface area contributed by atoms with Gasteiger partial charge in [-0.1, -0.05) is 6.07 Å². The minimum atomic E-state index is -4.17. The SMILES string of the molecule is Cc1cc(C[O])c(S(N)(=O)=O)cc1S(N)(=O)=O. The number of rotatable bonds is 3. The third-order valence-corrected chi connectivity index (χ3v) is 4.17. The van der Waals surface area contributed by atoms with Crippen LogP contribution < -0.4 is 10.3 Å². The number of hydrogen-bond donors (Lipinski definition) is 2. The van der Waals surface area contributed by atoms with Crippen molar-refractivity contribution in [1.82, 2.24) is 0 Å². The molecule has 95 valence electrons. The summed E-state index contributed by atoms with van der Waals surface area (Å²) in [6.07, 6.45) is 0. The van der Waals surface area contributed by atoms with E-state index in [0.29, 0.717) is 0 Å². The van der Waals surface area contributed by atoms with Crippen molar-refractivity contribution in [1.29, 1.82) is 0 Å². The first-order valence-electron chi connectivity index (χ1n) is 4.34. The van der Waals surface area contributed by atoms with Crippen LogP contribution in [-0.2, 0) is 31.8 Å². The Morgan fingerprint density at radius 1 is 1.00 bits per heavy atom. The second-order valence-electron chi connectivity index (χ2n) is 3.46. The highest BCUT2D eigenvalue weighted by molar-refractivity contribution is 7.90. The maximum absolute atomic E-state index is 11.2. The largest absolute Gasteiger partial charge is 0.238 e. The molecule has 0 heterocycles. The quantitative estimate of drug-likeness (QED) is 0.748. The van der Waals surface area contributed by atoms with E-state index in [9.17, 15) is 21.9 Å². The Balaban J connectivity index is 3.73. The summed E-state index contributed by atoms with van der Waals surface area (Å²) in [5, 5.41) is 20.6. The molecule has 0 aromatic heterocycles. The molecule has 1 aromatic rings. The number of hydrogen-bond acceptors (Lipinski definition) is 4. The number of nitrogens with two attached hydrogens (primary N) is 2. The fraction of sp³-hybridized carbons (Fsp3) is 0.250. The second-order valence-corrected chi connectivity index (χ2v) is 6.52. The van der Waals surface area contributed by atoms with Crippen LogP contribution in [0.25, 0.3) is 0 Å². The van der Waals surface area contributed by atoms with Gasteiger partial charge in [0.25, 0.3) is 0 Å². The molecule has 0 spiro atoms. The number of sulfonamides is 2. The summed E-state index contributed by atoms with van der Waals surface area (Å²) in [7, 11) is -8.23. The van der Waals surface area contributed by atoms with Crippen LogP contribution in [0.2, 0.25) is 0 Å². The lowest BCUT2D eigenvalue weighted by Gasteiger charge is -2.09. The van der Waals surface area contributed by atoms with Crippen LogP contribution in [-0.4, -0.2) is 16.8 Å². The normalized spacial score (nSPS) is 12.7. The molecule has 0 atom stereocenters. The highest BCUT2D eigenvalue weighted by atomic mass is 32.2. The van der Waals surface area contributed by atoms with E-state index in [1.54, 1.807) is 0 Å². The second kappa shape index (κ2) is 4.35. The van der Waals surface area contributed by atoms with Gasteiger partial charge in [0.15, 0.2) is 0 Å². The van der Waals surface area contributed by atoms with E-state index >= 15 is 0 Å². The van der Waals surface area contributed by atoms with Crippen LogP contribution in [0.3, 0.4) is 0 Å². The zero-order valence-electron chi connectivity index (χ0n) is 8.87. The molecule has 1 radical (unpaired) electrons. The maximum Gasteiger partial charge on any atom is 0.238 e. The predicted molar refractivity (Wildman–Crippen MR) is 58.3 cm³/mol. The molecule has 1 rings (SSSR count).